The molecule has 3 aliphatic rings. The predicted octanol–water partition coefficient (Wildman–Crippen LogP) is 1.89. The van der Waals surface area contributed by atoms with Crippen LogP contribution in [0.3, 0.4) is 0 Å². The third kappa shape index (κ3) is 4.20. The molecule has 3 aliphatic carbocycles. The molecule has 31 heavy (non-hydrogen) atoms. The number of aromatic nitrogens is 2. The monoisotopic (exact) mass is 450 g/mol. The Hall–Kier alpha value is -3.14. The average Bonchev–Trinajstić information content (AvgIpc) is 2.71. The lowest BCUT2D eigenvalue weighted by molar-refractivity contribution is -0.141. The summed E-state index contributed by atoms with van der Waals surface area (Å²) in [5, 5.41) is 5.84. The summed E-state index contributed by atoms with van der Waals surface area (Å²) in [6.45, 7) is -0.250. The summed E-state index contributed by atoms with van der Waals surface area (Å²) in [6.07, 6.45) is 1.77. The van der Waals surface area contributed by atoms with Gasteiger partial charge < -0.3 is 24.8 Å². The Bertz CT molecular complexity index is 1010. The molecule has 0 aliphatic heterocycles. The van der Waals surface area contributed by atoms with Crippen LogP contribution < -0.4 is 24.8 Å². The first-order valence-electron chi connectivity index (χ1n) is 9.44. The second-order valence-corrected chi connectivity index (χ2v) is 8.14. The molecule has 2 aromatic rings. The Morgan fingerprint density at radius 3 is 2.26 bits per heavy atom. The second kappa shape index (κ2) is 7.84. The minimum Gasteiger partial charge on any atom is -0.484 e. The summed E-state index contributed by atoms with van der Waals surface area (Å²) in [7, 11) is 2.87. The Balaban J connectivity index is 1.27. The summed E-state index contributed by atoms with van der Waals surface area (Å²) in [4.78, 5) is 32.8. The lowest BCUT2D eigenvalue weighted by atomic mass is 9.44. The molecule has 3 saturated carbocycles. The van der Waals surface area contributed by atoms with Crippen LogP contribution in [0.1, 0.15) is 29.9 Å². The number of rotatable bonds is 8. The number of halogens is 2. The number of ether oxygens (including phenoxy) is 3. The summed E-state index contributed by atoms with van der Waals surface area (Å²) in [6, 6.07) is 5.44. The number of benzene rings is 1. The van der Waals surface area contributed by atoms with Crippen molar-refractivity contribution in [3.63, 3.8) is 0 Å². The third-order valence-electron chi connectivity index (χ3n) is 5.38. The highest BCUT2D eigenvalue weighted by molar-refractivity contribution is 6.30. The molecule has 5 rings (SSSR count). The molecule has 11 heteroatoms. The van der Waals surface area contributed by atoms with Crippen molar-refractivity contribution in [3.05, 3.63) is 40.9 Å². The van der Waals surface area contributed by atoms with Gasteiger partial charge in [-0.3, -0.25) is 9.59 Å². The maximum Gasteiger partial charge on any atom is 0.289 e. The van der Waals surface area contributed by atoms with Crippen LogP contribution in [0.25, 0.3) is 0 Å². The van der Waals surface area contributed by atoms with Crippen molar-refractivity contribution >= 4 is 23.4 Å². The minimum absolute atomic E-state index is 0.0178. The number of carbonyl (C=O) groups excluding carboxylic acids is 2. The van der Waals surface area contributed by atoms with Gasteiger partial charge in [0, 0.05) is 17.1 Å². The number of carbonyl (C=O) groups is 2. The van der Waals surface area contributed by atoms with E-state index in [1.54, 1.807) is 0 Å². The minimum atomic E-state index is -0.616. The molecule has 2 amide bonds. The fraction of sp³-hybridized carbons (Fsp3) is 0.400. The topological polar surface area (TPSA) is 112 Å². The van der Waals surface area contributed by atoms with Crippen LogP contribution >= 0.6 is 11.6 Å². The van der Waals surface area contributed by atoms with Crippen molar-refractivity contribution in [3.8, 4) is 17.5 Å². The SMILES string of the molecule is COc1cc(OC)nc(C(=O)NC23CC(NC(=O)COc4ccc(Cl)c(F)c4)(C2)C3)n1. The molecule has 164 valence electrons. The first kappa shape index (κ1) is 21.1. The smallest absolute Gasteiger partial charge is 0.289 e. The maximum atomic E-state index is 13.4. The number of nitrogens with zero attached hydrogens (tertiary/aromatic N) is 2. The zero-order valence-corrected chi connectivity index (χ0v) is 17.6. The van der Waals surface area contributed by atoms with Crippen LogP contribution in [0.2, 0.25) is 5.02 Å². The number of nitrogens with one attached hydrogen (secondary N) is 2. The number of amides is 2. The molecule has 2 N–H and O–H groups in total. The fourth-order valence-electron chi connectivity index (χ4n) is 4.11. The van der Waals surface area contributed by atoms with Crippen molar-refractivity contribution in [2.75, 3.05) is 20.8 Å². The zero-order chi connectivity index (χ0) is 22.2. The molecule has 1 heterocycles. The van der Waals surface area contributed by atoms with Crippen molar-refractivity contribution in [1.82, 2.24) is 20.6 Å². The van der Waals surface area contributed by atoms with E-state index in [-0.39, 0.29) is 46.4 Å². The quantitative estimate of drug-likeness (QED) is 0.631. The van der Waals surface area contributed by atoms with E-state index in [0.29, 0.717) is 19.3 Å². The fourth-order valence-corrected chi connectivity index (χ4v) is 4.23. The lowest BCUT2D eigenvalue weighted by Gasteiger charge is -2.70. The number of methoxy groups -OCH3 is 2. The van der Waals surface area contributed by atoms with E-state index in [0.717, 1.165) is 6.07 Å². The molecule has 0 radical (unpaired) electrons. The molecule has 0 saturated heterocycles. The van der Waals surface area contributed by atoms with E-state index in [1.165, 1.54) is 32.4 Å². The van der Waals surface area contributed by atoms with E-state index in [1.807, 2.05) is 0 Å². The van der Waals surface area contributed by atoms with Gasteiger partial charge in [-0.1, -0.05) is 11.6 Å². The Labute approximate surface area is 182 Å². The van der Waals surface area contributed by atoms with Crippen molar-refractivity contribution in [1.29, 1.82) is 0 Å². The van der Waals surface area contributed by atoms with Crippen LogP contribution in [0, 0.1) is 5.82 Å². The average molecular weight is 451 g/mol. The highest BCUT2D eigenvalue weighted by Gasteiger charge is 2.69. The first-order valence-corrected chi connectivity index (χ1v) is 9.82. The van der Waals surface area contributed by atoms with E-state index >= 15 is 0 Å². The Morgan fingerprint density at radius 2 is 1.68 bits per heavy atom. The molecule has 2 bridgehead atoms. The van der Waals surface area contributed by atoms with Crippen LogP contribution in [-0.4, -0.2) is 53.7 Å². The van der Waals surface area contributed by atoms with Crippen LogP contribution in [0.15, 0.2) is 24.3 Å². The first-order chi connectivity index (χ1) is 14.8. The van der Waals surface area contributed by atoms with Gasteiger partial charge in [-0.2, -0.15) is 9.97 Å². The number of hydrogen-bond donors (Lipinski definition) is 2. The maximum absolute atomic E-state index is 13.4. The molecule has 0 atom stereocenters. The third-order valence-corrected chi connectivity index (χ3v) is 5.68. The van der Waals surface area contributed by atoms with E-state index in [2.05, 4.69) is 20.6 Å². The van der Waals surface area contributed by atoms with E-state index < -0.39 is 17.3 Å². The normalized spacial score (nSPS) is 23.1. The zero-order valence-electron chi connectivity index (χ0n) is 16.8. The summed E-state index contributed by atoms with van der Waals surface area (Å²) in [5.41, 5.74) is -0.768. The van der Waals surface area contributed by atoms with Gasteiger partial charge in [0.05, 0.1) is 25.3 Å². The molecule has 0 unspecified atom stereocenters. The summed E-state index contributed by atoms with van der Waals surface area (Å²) in [5.74, 6) is -0.775. The lowest BCUT2D eigenvalue weighted by Crippen LogP contribution is -2.84. The standard InChI is InChI=1S/C20H20ClFN4O5/c1-29-15-6-16(30-2)24-17(23-15)18(28)26-20-8-19(9-20,10-20)25-14(27)7-31-11-3-4-12(21)13(22)5-11/h3-6H,7-10H2,1-2H3,(H,25,27)(H,26,28). The van der Waals surface area contributed by atoms with Crippen molar-refractivity contribution < 1.29 is 28.2 Å². The van der Waals surface area contributed by atoms with Crippen LogP contribution in [-0.2, 0) is 4.79 Å². The number of hydrogen-bond acceptors (Lipinski definition) is 7. The molecule has 3 fully saturated rings. The Kier molecular flexibility index (Phi) is 5.34. The molecular formula is C20H20ClFN4O5. The Morgan fingerprint density at radius 1 is 1.06 bits per heavy atom. The van der Waals surface area contributed by atoms with Crippen molar-refractivity contribution in [2.24, 2.45) is 0 Å². The van der Waals surface area contributed by atoms with Gasteiger partial charge in [0.25, 0.3) is 11.8 Å². The molecule has 0 spiro atoms. The predicted molar refractivity (Wildman–Crippen MR) is 107 cm³/mol. The van der Waals surface area contributed by atoms with Gasteiger partial charge in [0.1, 0.15) is 11.6 Å². The van der Waals surface area contributed by atoms with Gasteiger partial charge in [-0.25, -0.2) is 4.39 Å². The van der Waals surface area contributed by atoms with E-state index in [9.17, 15) is 14.0 Å². The second-order valence-electron chi connectivity index (χ2n) is 7.73. The summed E-state index contributed by atoms with van der Waals surface area (Å²) >= 11 is 5.62. The van der Waals surface area contributed by atoms with Gasteiger partial charge in [0.2, 0.25) is 17.6 Å². The van der Waals surface area contributed by atoms with Crippen molar-refractivity contribution in [2.45, 2.75) is 30.3 Å². The van der Waals surface area contributed by atoms with Gasteiger partial charge in [-0.15, -0.1) is 0 Å². The highest BCUT2D eigenvalue weighted by atomic mass is 35.5. The van der Waals surface area contributed by atoms with Crippen LogP contribution in [0.4, 0.5) is 4.39 Å². The summed E-state index contributed by atoms with van der Waals surface area (Å²) < 4.78 is 28.8. The highest BCUT2D eigenvalue weighted by Crippen LogP contribution is 2.60. The van der Waals surface area contributed by atoms with Gasteiger partial charge in [0.15, 0.2) is 6.61 Å². The molecule has 9 nitrogen and oxygen atoms in total. The molecule has 1 aromatic heterocycles. The van der Waals surface area contributed by atoms with E-state index in [4.69, 9.17) is 25.8 Å². The van der Waals surface area contributed by atoms with Crippen LogP contribution in [0.5, 0.6) is 17.5 Å². The largest absolute Gasteiger partial charge is 0.484 e. The van der Waals surface area contributed by atoms with Gasteiger partial charge >= 0.3 is 0 Å². The molecule has 1 aromatic carbocycles. The molecular weight excluding hydrogens is 431 g/mol. The van der Waals surface area contributed by atoms with Gasteiger partial charge in [-0.05, 0) is 31.4 Å².